The largest absolute Gasteiger partial charge is 0.388 e. The fourth-order valence-corrected chi connectivity index (χ4v) is 3.25. The molecule has 0 spiro atoms. The first-order valence-electron chi connectivity index (χ1n) is 9.53. The predicted molar refractivity (Wildman–Crippen MR) is 102 cm³/mol. The van der Waals surface area contributed by atoms with Crippen molar-refractivity contribution in [1.29, 1.82) is 5.26 Å². The lowest BCUT2D eigenvalue weighted by Crippen LogP contribution is -2.61. The van der Waals surface area contributed by atoms with Gasteiger partial charge in [-0.15, -0.1) is 0 Å². The van der Waals surface area contributed by atoms with Crippen LogP contribution in [0, 0.1) is 17.2 Å². The highest BCUT2D eigenvalue weighted by molar-refractivity contribution is 6.01. The molecule has 0 aromatic heterocycles. The maximum Gasteiger partial charge on any atom is 0.206 e. The molecule has 6 atom stereocenters. The fourth-order valence-electron chi connectivity index (χ4n) is 3.25. The Labute approximate surface area is 165 Å². The predicted octanol–water partition coefficient (Wildman–Crippen LogP) is 1.72. The number of Topliss-reactive ketones (excluding diaryl/α,β-unsaturated/α-hetero) is 1. The first-order valence-corrected chi connectivity index (χ1v) is 9.53. The molecule has 154 valence electrons. The molecular formula is C21H29NO6. The van der Waals surface area contributed by atoms with Gasteiger partial charge in [-0.1, -0.05) is 44.2 Å². The molecule has 1 aromatic carbocycles. The van der Waals surface area contributed by atoms with Gasteiger partial charge in [0.05, 0.1) is 18.8 Å². The van der Waals surface area contributed by atoms with Gasteiger partial charge in [0.2, 0.25) is 11.9 Å². The standard InChI is InChI=1S/C21H29NO6/c1-12(2)20-18(24)19(25)21(27-13(3)4)16(28-20)11-26-15(10-22)17(23)14-8-6-5-7-9-14/h5-9,12-13,15-16,18-21,24-25H,11H2,1-4H3/t15?,16?,18?,19-,20+,21-/m1/s1. The lowest BCUT2D eigenvalue weighted by atomic mass is 9.89. The minimum absolute atomic E-state index is 0.0511. The van der Waals surface area contributed by atoms with E-state index in [2.05, 4.69) is 0 Å². The van der Waals surface area contributed by atoms with E-state index in [0.29, 0.717) is 5.56 Å². The number of aliphatic hydroxyl groups is 2. The highest BCUT2D eigenvalue weighted by Gasteiger charge is 2.46. The van der Waals surface area contributed by atoms with Crippen molar-refractivity contribution in [1.82, 2.24) is 0 Å². The second kappa shape index (κ2) is 10.1. The number of hydrogen-bond donors (Lipinski definition) is 2. The van der Waals surface area contributed by atoms with Crippen molar-refractivity contribution in [3.05, 3.63) is 35.9 Å². The number of carbonyl (C=O) groups is 1. The van der Waals surface area contributed by atoms with Crippen LogP contribution >= 0.6 is 0 Å². The summed E-state index contributed by atoms with van der Waals surface area (Å²) in [6.45, 7) is 7.24. The minimum atomic E-state index is -1.30. The monoisotopic (exact) mass is 391 g/mol. The summed E-state index contributed by atoms with van der Waals surface area (Å²) in [5.41, 5.74) is 0.379. The van der Waals surface area contributed by atoms with Crippen molar-refractivity contribution < 1.29 is 29.2 Å². The van der Waals surface area contributed by atoms with E-state index in [1.54, 1.807) is 30.3 Å². The van der Waals surface area contributed by atoms with E-state index in [0.717, 1.165) is 0 Å². The van der Waals surface area contributed by atoms with Crippen LogP contribution in [0.4, 0.5) is 0 Å². The lowest BCUT2D eigenvalue weighted by Gasteiger charge is -2.44. The molecule has 0 bridgehead atoms. The van der Waals surface area contributed by atoms with Crippen LogP contribution in [0.5, 0.6) is 0 Å². The number of nitriles is 1. The number of carbonyl (C=O) groups excluding carboxylic acids is 1. The number of ether oxygens (including phenoxy) is 3. The van der Waals surface area contributed by atoms with Crippen molar-refractivity contribution >= 4 is 5.78 Å². The Hall–Kier alpha value is -1.82. The molecule has 0 amide bonds. The number of benzene rings is 1. The van der Waals surface area contributed by atoms with Crippen LogP contribution in [0.15, 0.2) is 30.3 Å². The summed E-state index contributed by atoms with van der Waals surface area (Å²) < 4.78 is 17.2. The Morgan fingerprint density at radius 2 is 1.82 bits per heavy atom. The van der Waals surface area contributed by atoms with Crippen molar-refractivity contribution in [3.63, 3.8) is 0 Å². The first kappa shape index (κ1) is 22.5. The highest BCUT2D eigenvalue weighted by atomic mass is 16.6. The minimum Gasteiger partial charge on any atom is -0.388 e. The molecule has 28 heavy (non-hydrogen) atoms. The molecule has 0 aliphatic carbocycles. The first-order chi connectivity index (χ1) is 13.3. The lowest BCUT2D eigenvalue weighted by molar-refractivity contribution is -0.259. The fraction of sp³-hybridized carbons (Fsp3) is 0.619. The van der Waals surface area contributed by atoms with E-state index in [4.69, 9.17) is 14.2 Å². The van der Waals surface area contributed by atoms with Gasteiger partial charge in [0, 0.05) is 5.56 Å². The third-order valence-corrected chi connectivity index (χ3v) is 4.65. The summed E-state index contributed by atoms with van der Waals surface area (Å²) in [6, 6.07) is 10.3. The SMILES string of the molecule is CC(C)O[C@@H]1C(COC(C#N)C(=O)c2ccccc2)O[C@@H](C(C)C)C(O)[C@H]1O. The van der Waals surface area contributed by atoms with Gasteiger partial charge in [-0.05, 0) is 19.8 Å². The molecule has 0 radical (unpaired) electrons. The summed E-state index contributed by atoms with van der Waals surface area (Å²) in [7, 11) is 0. The molecule has 1 heterocycles. The molecule has 7 heteroatoms. The zero-order chi connectivity index (χ0) is 20.8. The average molecular weight is 391 g/mol. The van der Waals surface area contributed by atoms with Crippen LogP contribution in [-0.4, -0.2) is 65.3 Å². The van der Waals surface area contributed by atoms with Gasteiger partial charge >= 0.3 is 0 Å². The van der Waals surface area contributed by atoms with Gasteiger partial charge in [0.25, 0.3) is 0 Å². The Balaban J connectivity index is 2.12. The Morgan fingerprint density at radius 3 is 2.36 bits per heavy atom. The summed E-state index contributed by atoms with van der Waals surface area (Å²) in [5, 5.41) is 30.3. The molecule has 0 saturated carbocycles. The Kier molecular flexibility index (Phi) is 8.10. The summed E-state index contributed by atoms with van der Waals surface area (Å²) >= 11 is 0. The smallest absolute Gasteiger partial charge is 0.206 e. The molecule has 3 unspecified atom stereocenters. The van der Waals surface area contributed by atoms with Crippen molar-refractivity contribution in [2.24, 2.45) is 5.92 Å². The van der Waals surface area contributed by atoms with Crippen molar-refractivity contribution in [2.75, 3.05) is 6.61 Å². The summed E-state index contributed by atoms with van der Waals surface area (Å²) in [4.78, 5) is 12.5. The zero-order valence-electron chi connectivity index (χ0n) is 16.7. The normalized spacial score (nSPS) is 28.9. The maximum atomic E-state index is 12.5. The Morgan fingerprint density at radius 1 is 1.18 bits per heavy atom. The van der Waals surface area contributed by atoms with E-state index in [1.165, 1.54) is 0 Å². The van der Waals surface area contributed by atoms with Crippen molar-refractivity contribution in [2.45, 2.75) is 70.4 Å². The van der Waals surface area contributed by atoms with E-state index in [1.807, 2.05) is 33.8 Å². The van der Waals surface area contributed by atoms with Crippen LogP contribution in [-0.2, 0) is 14.2 Å². The molecule has 1 fully saturated rings. The number of ketones is 1. The van der Waals surface area contributed by atoms with E-state index < -0.39 is 42.4 Å². The molecular weight excluding hydrogens is 362 g/mol. The van der Waals surface area contributed by atoms with E-state index in [9.17, 15) is 20.3 Å². The van der Waals surface area contributed by atoms with E-state index in [-0.39, 0.29) is 18.6 Å². The van der Waals surface area contributed by atoms with Gasteiger partial charge in [-0.3, -0.25) is 4.79 Å². The highest BCUT2D eigenvalue weighted by Crippen LogP contribution is 2.29. The van der Waals surface area contributed by atoms with Crippen LogP contribution in [0.25, 0.3) is 0 Å². The molecule has 1 aliphatic rings. The summed E-state index contributed by atoms with van der Waals surface area (Å²) in [5.74, 6) is -0.494. The number of nitrogens with zero attached hydrogens (tertiary/aromatic N) is 1. The van der Waals surface area contributed by atoms with Crippen molar-refractivity contribution in [3.8, 4) is 6.07 Å². The second-order valence-electron chi connectivity index (χ2n) is 7.59. The topological polar surface area (TPSA) is 109 Å². The van der Waals surface area contributed by atoms with Crippen LogP contribution < -0.4 is 0 Å². The Bertz CT molecular complexity index is 671. The van der Waals surface area contributed by atoms with Gasteiger partial charge in [0.15, 0.2) is 0 Å². The quantitative estimate of drug-likeness (QED) is 0.649. The molecule has 1 aromatic rings. The number of hydrogen-bond acceptors (Lipinski definition) is 7. The second-order valence-corrected chi connectivity index (χ2v) is 7.59. The molecule has 2 rings (SSSR count). The third kappa shape index (κ3) is 5.37. The summed E-state index contributed by atoms with van der Waals surface area (Å²) in [6.07, 6.45) is -5.96. The third-order valence-electron chi connectivity index (χ3n) is 4.65. The maximum absolute atomic E-state index is 12.5. The number of rotatable bonds is 8. The van der Waals surface area contributed by atoms with Crippen LogP contribution in [0.1, 0.15) is 38.1 Å². The van der Waals surface area contributed by atoms with Gasteiger partial charge in [-0.2, -0.15) is 5.26 Å². The molecule has 2 N–H and O–H groups in total. The van der Waals surface area contributed by atoms with E-state index >= 15 is 0 Å². The van der Waals surface area contributed by atoms with Crippen LogP contribution in [0.2, 0.25) is 0 Å². The van der Waals surface area contributed by atoms with Gasteiger partial charge in [-0.25, -0.2) is 0 Å². The number of aliphatic hydroxyl groups excluding tert-OH is 2. The van der Waals surface area contributed by atoms with Gasteiger partial charge in [0.1, 0.15) is 30.5 Å². The van der Waals surface area contributed by atoms with Gasteiger partial charge < -0.3 is 24.4 Å². The molecule has 7 nitrogen and oxygen atoms in total. The zero-order valence-corrected chi connectivity index (χ0v) is 16.7. The molecule has 1 aliphatic heterocycles. The average Bonchev–Trinajstić information content (AvgIpc) is 2.67. The molecule has 1 saturated heterocycles. The van der Waals surface area contributed by atoms with Crippen LogP contribution in [0.3, 0.4) is 0 Å².